The van der Waals surface area contributed by atoms with Crippen molar-refractivity contribution in [2.24, 2.45) is 0 Å². The maximum atomic E-state index is 13.7. The second-order valence-corrected chi connectivity index (χ2v) is 12.1. The van der Waals surface area contributed by atoms with Crippen LogP contribution in [0.2, 0.25) is 0 Å². The molecule has 4 aromatic carbocycles. The molecule has 13 nitrogen and oxygen atoms in total. The normalized spacial score (nSPS) is 12.7. The standard InChI is InChI=1S/C38H35FN6O7/c1-48-32-15-23-12-14-44(21-24(23)16-33(32)49-2)13-11-22-5-8-26(9-6-22)45-42-37(41-43-45)27-18-34(50-3)35(51-4)19-29(27)40-38(47)36-20-30(46)28-17-25(39)7-10-31(28)52-36/h5-10,15-20H,11-14,21H2,1-4H3,(H,40,47). The molecule has 2 aromatic heterocycles. The van der Waals surface area contributed by atoms with E-state index >= 15 is 0 Å². The molecule has 0 saturated carbocycles. The van der Waals surface area contributed by atoms with E-state index in [1.165, 1.54) is 36.2 Å². The maximum Gasteiger partial charge on any atom is 0.291 e. The first kappa shape index (κ1) is 34.2. The van der Waals surface area contributed by atoms with E-state index < -0.39 is 17.2 Å². The molecule has 1 amide bonds. The van der Waals surface area contributed by atoms with Crippen molar-refractivity contribution in [3.63, 3.8) is 0 Å². The highest BCUT2D eigenvalue weighted by atomic mass is 19.1. The average Bonchev–Trinajstić information content (AvgIpc) is 3.66. The van der Waals surface area contributed by atoms with E-state index in [-0.39, 0.29) is 28.2 Å². The smallest absolute Gasteiger partial charge is 0.291 e. The van der Waals surface area contributed by atoms with Crippen molar-refractivity contribution in [3.8, 4) is 40.1 Å². The molecule has 7 rings (SSSR count). The van der Waals surface area contributed by atoms with Crippen LogP contribution in [0, 0.1) is 5.82 Å². The summed E-state index contributed by atoms with van der Waals surface area (Å²) in [5, 5.41) is 15.9. The summed E-state index contributed by atoms with van der Waals surface area (Å²) in [6.45, 7) is 2.70. The summed E-state index contributed by atoms with van der Waals surface area (Å²) < 4.78 is 41.3. The summed E-state index contributed by atoms with van der Waals surface area (Å²) in [4.78, 5) is 29.8. The first-order chi connectivity index (χ1) is 25.3. The maximum absolute atomic E-state index is 13.7. The number of hydrogen-bond acceptors (Lipinski definition) is 11. The molecule has 0 unspecified atom stereocenters. The Morgan fingerprint density at radius 1 is 0.865 bits per heavy atom. The third-order valence-electron chi connectivity index (χ3n) is 9.02. The van der Waals surface area contributed by atoms with Gasteiger partial charge in [0, 0.05) is 31.8 Å². The van der Waals surface area contributed by atoms with E-state index in [9.17, 15) is 14.0 Å². The number of benzene rings is 4. The number of hydrogen-bond donors (Lipinski definition) is 1. The van der Waals surface area contributed by atoms with Gasteiger partial charge < -0.3 is 28.7 Å². The van der Waals surface area contributed by atoms with Crippen LogP contribution in [-0.2, 0) is 19.4 Å². The van der Waals surface area contributed by atoms with Gasteiger partial charge in [0.05, 0.1) is 50.8 Å². The number of fused-ring (bicyclic) bond motifs is 2. The zero-order valence-electron chi connectivity index (χ0n) is 28.9. The second-order valence-electron chi connectivity index (χ2n) is 12.1. The van der Waals surface area contributed by atoms with Crippen LogP contribution in [0.3, 0.4) is 0 Å². The molecule has 52 heavy (non-hydrogen) atoms. The van der Waals surface area contributed by atoms with Crippen LogP contribution in [0.5, 0.6) is 23.0 Å². The van der Waals surface area contributed by atoms with E-state index in [4.69, 9.17) is 23.4 Å². The predicted octanol–water partition coefficient (Wildman–Crippen LogP) is 5.46. The molecule has 6 aromatic rings. The van der Waals surface area contributed by atoms with Gasteiger partial charge in [-0.1, -0.05) is 12.1 Å². The van der Waals surface area contributed by atoms with Gasteiger partial charge in [-0.25, -0.2) is 4.39 Å². The zero-order valence-corrected chi connectivity index (χ0v) is 28.9. The van der Waals surface area contributed by atoms with Crippen LogP contribution < -0.4 is 29.7 Å². The fourth-order valence-corrected chi connectivity index (χ4v) is 6.24. The largest absolute Gasteiger partial charge is 0.493 e. The number of rotatable bonds is 11. The second kappa shape index (κ2) is 14.5. The first-order valence-electron chi connectivity index (χ1n) is 16.4. The van der Waals surface area contributed by atoms with Crippen LogP contribution in [0.25, 0.3) is 28.0 Å². The lowest BCUT2D eigenvalue weighted by Crippen LogP contribution is -2.32. The number of nitrogens with zero attached hydrogens (tertiary/aromatic N) is 5. The molecule has 14 heteroatoms. The van der Waals surface area contributed by atoms with Crippen molar-refractivity contribution in [1.29, 1.82) is 0 Å². The van der Waals surface area contributed by atoms with E-state index in [0.717, 1.165) is 67.7 Å². The molecule has 0 fully saturated rings. The Hall–Kier alpha value is -6.28. The van der Waals surface area contributed by atoms with E-state index in [0.29, 0.717) is 22.7 Å². The summed E-state index contributed by atoms with van der Waals surface area (Å²) in [6.07, 6.45) is 1.81. The summed E-state index contributed by atoms with van der Waals surface area (Å²) in [5.74, 6) is 0.795. The SMILES string of the molecule is COc1cc2c(cc1OC)CN(CCc1ccc(-n3nnc(-c4cc(OC)c(OC)cc4NC(=O)c4cc(=O)c5cc(F)ccc5o4)n3)cc1)CC2. The minimum Gasteiger partial charge on any atom is -0.493 e. The Kier molecular flexibility index (Phi) is 9.55. The van der Waals surface area contributed by atoms with Gasteiger partial charge >= 0.3 is 0 Å². The fraction of sp³-hybridized carbons (Fsp3) is 0.237. The molecule has 1 aliphatic heterocycles. The Labute approximate surface area is 297 Å². The molecule has 0 bridgehead atoms. The van der Waals surface area contributed by atoms with Crippen LogP contribution in [0.1, 0.15) is 27.2 Å². The van der Waals surface area contributed by atoms with Gasteiger partial charge in [-0.15, -0.1) is 15.0 Å². The van der Waals surface area contributed by atoms with Crippen molar-refractivity contribution in [2.45, 2.75) is 19.4 Å². The number of methoxy groups -OCH3 is 4. The van der Waals surface area contributed by atoms with E-state index in [2.05, 4.69) is 37.8 Å². The van der Waals surface area contributed by atoms with Crippen LogP contribution in [0.4, 0.5) is 10.1 Å². The Morgan fingerprint density at radius 2 is 1.56 bits per heavy atom. The molecule has 0 atom stereocenters. The monoisotopic (exact) mass is 706 g/mol. The number of carbonyl (C=O) groups excluding carboxylic acids is 1. The van der Waals surface area contributed by atoms with Crippen LogP contribution in [0.15, 0.2) is 82.0 Å². The highest BCUT2D eigenvalue weighted by Crippen LogP contribution is 2.38. The van der Waals surface area contributed by atoms with Gasteiger partial charge in [0.2, 0.25) is 5.82 Å². The van der Waals surface area contributed by atoms with Crippen molar-refractivity contribution in [1.82, 2.24) is 25.1 Å². The van der Waals surface area contributed by atoms with Crippen LogP contribution >= 0.6 is 0 Å². The number of tetrazole rings is 1. The summed E-state index contributed by atoms with van der Waals surface area (Å²) >= 11 is 0. The van der Waals surface area contributed by atoms with Crippen LogP contribution in [-0.4, -0.2) is 72.5 Å². The third-order valence-corrected chi connectivity index (χ3v) is 9.02. The Balaban J connectivity index is 1.07. The highest BCUT2D eigenvalue weighted by molar-refractivity contribution is 6.05. The van der Waals surface area contributed by atoms with Gasteiger partial charge in [0.15, 0.2) is 34.2 Å². The summed E-state index contributed by atoms with van der Waals surface area (Å²) in [5.41, 5.74) is 4.53. The van der Waals surface area contributed by atoms with Crippen molar-refractivity contribution < 1.29 is 32.5 Å². The van der Waals surface area contributed by atoms with E-state index in [1.807, 2.05) is 24.3 Å². The molecule has 3 heterocycles. The third kappa shape index (κ3) is 6.88. The molecule has 0 saturated heterocycles. The van der Waals surface area contributed by atoms with Gasteiger partial charge in [-0.3, -0.25) is 14.5 Å². The molecule has 266 valence electrons. The van der Waals surface area contributed by atoms with Crippen molar-refractivity contribution in [3.05, 3.63) is 111 Å². The number of nitrogens with one attached hydrogen (secondary N) is 1. The first-order valence-corrected chi connectivity index (χ1v) is 16.4. The molecule has 1 aliphatic rings. The molecular formula is C38H35FN6O7. The summed E-state index contributed by atoms with van der Waals surface area (Å²) in [7, 11) is 6.25. The van der Waals surface area contributed by atoms with E-state index in [1.54, 1.807) is 26.4 Å². The van der Waals surface area contributed by atoms with Gasteiger partial charge in [-0.2, -0.15) is 0 Å². The number of carbonyl (C=O) groups is 1. The molecule has 1 N–H and O–H groups in total. The molecular weight excluding hydrogens is 671 g/mol. The average molecular weight is 707 g/mol. The lowest BCUT2D eigenvalue weighted by molar-refractivity contribution is 0.0997. The molecule has 0 radical (unpaired) electrons. The fourth-order valence-electron chi connectivity index (χ4n) is 6.24. The molecule has 0 aliphatic carbocycles. The topological polar surface area (TPSA) is 143 Å². The lowest BCUT2D eigenvalue weighted by atomic mass is 9.98. The number of halogens is 1. The number of anilines is 1. The highest BCUT2D eigenvalue weighted by Gasteiger charge is 2.22. The van der Waals surface area contributed by atoms with Crippen molar-refractivity contribution >= 4 is 22.6 Å². The Morgan fingerprint density at radius 3 is 2.29 bits per heavy atom. The van der Waals surface area contributed by atoms with Gasteiger partial charge in [-0.05, 0) is 83.3 Å². The van der Waals surface area contributed by atoms with Gasteiger partial charge in [0.1, 0.15) is 11.4 Å². The predicted molar refractivity (Wildman–Crippen MR) is 190 cm³/mol. The van der Waals surface area contributed by atoms with Crippen molar-refractivity contribution in [2.75, 3.05) is 46.8 Å². The number of amides is 1. The minimum atomic E-state index is -0.728. The Bertz CT molecular complexity index is 2340. The zero-order chi connectivity index (χ0) is 36.4. The number of ether oxygens (including phenoxy) is 4. The van der Waals surface area contributed by atoms with Gasteiger partial charge in [0.25, 0.3) is 5.91 Å². The quantitative estimate of drug-likeness (QED) is 0.183. The molecule has 0 spiro atoms. The number of aromatic nitrogens is 4. The minimum absolute atomic E-state index is 0.0217. The summed E-state index contributed by atoms with van der Waals surface area (Å²) in [6, 6.07) is 19.7. The lowest BCUT2D eigenvalue weighted by Gasteiger charge is -2.29.